The second kappa shape index (κ2) is 3.86. The van der Waals surface area contributed by atoms with Crippen LogP contribution in [0.25, 0.3) is 0 Å². The molecule has 1 rings (SSSR count). The maximum Gasteiger partial charge on any atom is 0.279 e. The summed E-state index contributed by atoms with van der Waals surface area (Å²) in [6.45, 7) is 3.52. The van der Waals surface area contributed by atoms with E-state index in [0.29, 0.717) is 16.6 Å². The minimum atomic E-state index is -3.75. The zero-order valence-corrected chi connectivity index (χ0v) is 9.68. The summed E-state index contributed by atoms with van der Waals surface area (Å²) in [4.78, 5) is 0. The van der Waals surface area contributed by atoms with Crippen molar-refractivity contribution in [2.45, 2.75) is 32.7 Å². The molecule has 0 spiro atoms. The second-order valence-corrected chi connectivity index (χ2v) is 6.68. The van der Waals surface area contributed by atoms with Gasteiger partial charge >= 0.3 is 0 Å². The summed E-state index contributed by atoms with van der Waals surface area (Å²) >= 11 is 0. The van der Waals surface area contributed by atoms with Gasteiger partial charge in [0.1, 0.15) is 0 Å². The average molecular weight is 235 g/mol. The first kappa shape index (κ1) is 12.1. The summed E-state index contributed by atoms with van der Waals surface area (Å²) in [7, 11) is -7.51. The number of hydrogen-bond donors (Lipinski definition) is 0. The van der Waals surface area contributed by atoms with E-state index in [0.717, 1.165) is 12.9 Å². The van der Waals surface area contributed by atoms with Crippen LogP contribution < -0.4 is 0 Å². The Morgan fingerprint density at radius 2 is 1.36 bits per heavy atom. The van der Waals surface area contributed by atoms with Gasteiger partial charge in [-0.05, 0) is 12.8 Å². The van der Waals surface area contributed by atoms with Crippen LogP contribution in [-0.4, -0.2) is 39.5 Å². The van der Waals surface area contributed by atoms with E-state index < -0.39 is 25.8 Å². The van der Waals surface area contributed by atoms with Gasteiger partial charge in [0.05, 0.1) is 0 Å². The van der Waals surface area contributed by atoms with Crippen LogP contribution in [0.3, 0.4) is 0 Å². The molecule has 1 aliphatic heterocycles. The highest BCUT2D eigenvalue weighted by molar-refractivity contribution is 8.41. The van der Waals surface area contributed by atoms with Crippen molar-refractivity contribution in [2.24, 2.45) is 0 Å². The molecule has 0 unspecified atom stereocenters. The van der Waals surface area contributed by atoms with Crippen molar-refractivity contribution in [3.05, 3.63) is 0 Å². The third-order valence-corrected chi connectivity index (χ3v) is 6.12. The van der Waals surface area contributed by atoms with Crippen LogP contribution in [0.4, 0.5) is 0 Å². The van der Waals surface area contributed by atoms with Gasteiger partial charge in [0, 0.05) is 6.04 Å². The molecule has 2 radical (unpaired) electrons. The van der Waals surface area contributed by atoms with Crippen LogP contribution in [0, 0.1) is 0 Å². The lowest BCUT2D eigenvalue weighted by Gasteiger charge is -2.24. The summed E-state index contributed by atoms with van der Waals surface area (Å²) in [6, 6.07) is -0.472. The normalized spacial score (nSPS) is 24.5. The Kier molecular flexibility index (Phi) is 3.33. The molecule has 9 heteroatoms. The van der Waals surface area contributed by atoms with Crippen LogP contribution in [0.1, 0.15) is 26.7 Å². The summed E-state index contributed by atoms with van der Waals surface area (Å²) < 4.78 is 46.2. The summed E-state index contributed by atoms with van der Waals surface area (Å²) in [5.74, 6) is 0. The minimum absolute atomic E-state index is 0.472. The molecule has 1 fully saturated rings. The smallest absolute Gasteiger partial charge is 0.226 e. The Balaban J connectivity index is 3.16. The zero-order valence-electron chi connectivity index (χ0n) is 8.04. The molecule has 1 heterocycles. The van der Waals surface area contributed by atoms with Crippen molar-refractivity contribution in [1.29, 1.82) is 0 Å². The molecule has 0 amide bonds. The standard InChI is InChI=1S/C5H11B2NO4S2/c1-3-5(4-2)8-13(9,10)6-7-14(8,11)12/h5H,3-4H2,1-2H3. The van der Waals surface area contributed by atoms with Crippen molar-refractivity contribution in [3.8, 4) is 0 Å². The third kappa shape index (κ3) is 1.99. The average Bonchev–Trinajstić information content (AvgIpc) is 2.29. The molecule has 0 N–H and O–H groups in total. The monoisotopic (exact) mass is 235 g/mol. The summed E-state index contributed by atoms with van der Waals surface area (Å²) in [5, 5.41) is 0. The van der Waals surface area contributed by atoms with Crippen LogP contribution in [0.2, 0.25) is 0 Å². The lowest BCUT2D eigenvalue weighted by molar-refractivity contribution is 0.416. The van der Waals surface area contributed by atoms with E-state index in [1.165, 1.54) is 0 Å². The van der Waals surface area contributed by atoms with Gasteiger partial charge in [-0.15, -0.1) is 3.71 Å². The lowest BCUT2D eigenvalue weighted by atomic mass is 9.77. The topological polar surface area (TPSA) is 71.5 Å². The Morgan fingerprint density at radius 3 is 1.64 bits per heavy atom. The highest BCUT2D eigenvalue weighted by Crippen LogP contribution is 2.22. The van der Waals surface area contributed by atoms with E-state index >= 15 is 0 Å². The Labute approximate surface area is 86.2 Å². The first-order chi connectivity index (χ1) is 6.35. The number of nitrogens with zero attached hydrogens (tertiary/aromatic N) is 1. The molecule has 5 nitrogen and oxygen atoms in total. The molecule has 0 aliphatic carbocycles. The van der Waals surface area contributed by atoms with E-state index in [2.05, 4.69) is 0 Å². The quantitative estimate of drug-likeness (QED) is 0.606. The fraction of sp³-hybridized carbons (Fsp3) is 1.00. The van der Waals surface area contributed by atoms with Gasteiger partial charge in [-0.1, -0.05) is 13.8 Å². The van der Waals surface area contributed by atoms with Gasteiger partial charge in [0.15, 0.2) is 19.7 Å². The molecule has 0 bridgehead atoms. The molecule has 14 heavy (non-hydrogen) atoms. The molecule has 78 valence electrons. The molecule has 1 saturated heterocycles. The molecular formula is C5H11B2NO4S2. The predicted molar refractivity (Wildman–Crippen MR) is 55.6 cm³/mol. The molecule has 0 aromatic heterocycles. The van der Waals surface area contributed by atoms with Crippen molar-refractivity contribution >= 4 is 32.6 Å². The van der Waals surface area contributed by atoms with Gasteiger partial charge in [-0.2, -0.15) is 0 Å². The highest BCUT2D eigenvalue weighted by atomic mass is 32.3. The number of rotatable bonds is 3. The largest absolute Gasteiger partial charge is 0.279 e. The molecule has 0 aromatic rings. The van der Waals surface area contributed by atoms with Gasteiger partial charge < -0.3 is 0 Å². The zero-order chi connectivity index (χ0) is 11.0. The molecular weight excluding hydrogens is 224 g/mol. The van der Waals surface area contributed by atoms with E-state index in [4.69, 9.17) is 0 Å². The van der Waals surface area contributed by atoms with Crippen LogP contribution in [0.5, 0.6) is 0 Å². The Morgan fingerprint density at radius 1 is 1.00 bits per heavy atom. The fourth-order valence-corrected chi connectivity index (χ4v) is 5.65. The SMILES string of the molecule is CCC(CC)N1S(=O)(=O)[B][B]S1(=O)=O. The van der Waals surface area contributed by atoms with Crippen LogP contribution >= 0.6 is 0 Å². The van der Waals surface area contributed by atoms with Crippen molar-refractivity contribution in [2.75, 3.05) is 0 Å². The molecule has 0 aromatic carbocycles. The van der Waals surface area contributed by atoms with E-state index in [-0.39, 0.29) is 0 Å². The van der Waals surface area contributed by atoms with Crippen LogP contribution in [0.15, 0.2) is 0 Å². The fourth-order valence-electron chi connectivity index (χ4n) is 1.41. The van der Waals surface area contributed by atoms with Crippen molar-refractivity contribution in [3.63, 3.8) is 0 Å². The lowest BCUT2D eigenvalue weighted by Crippen LogP contribution is -2.39. The number of hydrogen-bond acceptors (Lipinski definition) is 4. The Bertz CT molecular complexity index is 365. The first-order valence-corrected chi connectivity index (χ1v) is 7.33. The van der Waals surface area contributed by atoms with Gasteiger partial charge in [0.25, 0.3) is 12.9 Å². The Hall–Kier alpha value is -0.0101. The highest BCUT2D eigenvalue weighted by Gasteiger charge is 2.46. The summed E-state index contributed by atoms with van der Waals surface area (Å²) in [5.41, 5.74) is 0. The van der Waals surface area contributed by atoms with E-state index in [1.807, 2.05) is 0 Å². The van der Waals surface area contributed by atoms with E-state index in [1.54, 1.807) is 13.8 Å². The van der Waals surface area contributed by atoms with Crippen molar-refractivity contribution < 1.29 is 16.8 Å². The van der Waals surface area contributed by atoms with Crippen molar-refractivity contribution in [1.82, 2.24) is 3.71 Å². The molecule has 0 saturated carbocycles. The van der Waals surface area contributed by atoms with Gasteiger partial charge in [-0.25, -0.2) is 16.8 Å². The predicted octanol–water partition coefficient (Wildman–Crippen LogP) is -0.696. The molecule has 1 aliphatic rings. The first-order valence-electron chi connectivity index (χ1n) is 4.33. The maximum absolute atomic E-state index is 11.4. The maximum atomic E-state index is 11.4. The molecule has 0 atom stereocenters. The van der Waals surface area contributed by atoms with Gasteiger partial charge in [-0.3, -0.25) is 0 Å². The third-order valence-electron chi connectivity index (χ3n) is 2.14. The summed E-state index contributed by atoms with van der Waals surface area (Å²) in [6.07, 6.45) is 2.44. The second-order valence-electron chi connectivity index (χ2n) is 3.06. The minimum Gasteiger partial charge on any atom is -0.226 e. The van der Waals surface area contributed by atoms with E-state index in [9.17, 15) is 16.8 Å². The van der Waals surface area contributed by atoms with Crippen LogP contribution in [-0.2, 0) is 19.7 Å². The van der Waals surface area contributed by atoms with Gasteiger partial charge in [0.2, 0.25) is 0 Å².